The fraction of sp³-hybridized carbons (Fsp3) is 0.500. The first-order valence-electron chi connectivity index (χ1n) is 6.15. The average molecular weight is 283 g/mol. The van der Waals surface area contributed by atoms with Crippen molar-refractivity contribution in [3.05, 3.63) is 28.3 Å². The quantitative estimate of drug-likeness (QED) is 0.475. The molecule has 0 aliphatic carbocycles. The number of carbonyl (C=O) groups is 1. The van der Waals surface area contributed by atoms with Gasteiger partial charge in [0.1, 0.15) is 6.20 Å². The lowest BCUT2D eigenvalue weighted by molar-refractivity contribution is -0.384. The number of ether oxygens (including phenoxy) is 1. The summed E-state index contributed by atoms with van der Waals surface area (Å²) in [7, 11) is 1.32. The first kappa shape index (κ1) is 14.2. The number of nitrogens with zero attached hydrogens (tertiary/aromatic N) is 3. The van der Waals surface area contributed by atoms with Crippen molar-refractivity contribution in [1.29, 1.82) is 0 Å². The molecule has 108 valence electrons. The number of carbonyl (C=O) groups excluding carboxylic acids is 1. The van der Waals surface area contributed by atoms with Crippen molar-refractivity contribution in [3.63, 3.8) is 0 Å². The van der Waals surface area contributed by atoms with E-state index in [4.69, 9.17) is 0 Å². The summed E-state index contributed by atoms with van der Waals surface area (Å²) in [6.45, 7) is 0.725. The molecule has 1 fully saturated rings. The third kappa shape index (κ3) is 2.68. The molecule has 0 amide bonds. The van der Waals surface area contributed by atoms with Gasteiger partial charge in [-0.25, -0.2) is 4.39 Å². The minimum atomic E-state index is -0.726. The van der Waals surface area contributed by atoms with E-state index in [0.29, 0.717) is 25.9 Å². The third-order valence-corrected chi connectivity index (χ3v) is 3.40. The number of anilines is 1. The van der Waals surface area contributed by atoms with Gasteiger partial charge in [-0.15, -0.1) is 0 Å². The summed E-state index contributed by atoms with van der Waals surface area (Å²) in [5.74, 6) is -1.26. The summed E-state index contributed by atoms with van der Waals surface area (Å²) < 4.78 is 18.5. The number of piperidine rings is 1. The zero-order valence-electron chi connectivity index (χ0n) is 10.9. The SMILES string of the molecule is COC(=O)C1CCN(c2c(F)cncc2[N+](=O)[O-])CC1. The lowest BCUT2D eigenvalue weighted by atomic mass is 9.96. The first-order valence-corrected chi connectivity index (χ1v) is 6.15. The van der Waals surface area contributed by atoms with Gasteiger partial charge in [-0.05, 0) is 12.8 Å². The van der Waals surface area contributed by atoms with Crippen molar-refractivity contribution in [3.8, 4) is 0 Å². The van der Waals surface area contributed by atoms with E-state index < -0.39 is 10.7 Å². The van der Waals surface area contributed by atoms with Gasteiger partial charge in [-0.3, -0.25) is 19.9 Å². The molecule has 8 heteroatoms. The molecule has 0 unspecified atom stereocenters. The second-order valence-electron chi connectivity index (χ2n) is 4.53. The van der Waals surface area contributed by atoms with Crippen LogP contribution in [-0.2, 0) is 9.53 Å². The number of methoxy groups -OCH3 is 1. The molecule has 1 aromatic heterocycles. The molecular formula is C12H14FN3O4. The maximum Gasteiger partial charge on any atom is 0.313 e. The van der Waals surface area contributed by atoms with Gasteiger partial charge >= 0.3 is 11.7 Å². The largest absolute Gasteiger partial charge is 0.469 e. The van der Waals surface area contributed by atoms with E-state index >= 15 is 0 Å². The molecule has 0 spiro atoms. The van der Waals surface area contributed by atoms with Crippen molar-refractivity contribution >= 4 is 17.3 Å². The summed E-state index contributed by atoms with van der Waals surface area (Å²) in [6, 6.07) is 0. The van der Waals surface area contributed by atoms with Crippen LogP contribution in [0.2, 0.25) is 0 Å². The number of esters is 1. The van der Waals surface area contributed by atoms with E-state index in [-0.39, 0.29) is 23.3 Å². The molecular weight excluding hydrogens is 269 g/mol. The molecule has 7 nitrogen and oxygen atoms in total. The number of hydrogen-bond donors (Lipinski definition) is 0. The number of aromatic nitrogens is 1. The molecule has 2 rings (SSSR count). The molecule has 1 aliphatic rings. The molecule has 1 aromatic rings. The number of nitro groups is 1. The Morgan fingerprint density at radius 1 is 1.50 bits per heavy atom. The molecule has 0 aromatic carbocycles. The Kier molecular flexibility index (Phi) is 4.11. The standard InChI is InChI=1S/C12H14FN3O4/c1-20-12(17)8-2-4-15(5-3-8)11-9(13)6-14-7-10(11)16(18)19/h6-8H,2-5H2,1H3. The van der Waals surface area contributed by atoms with Gasteiger partial charge in [-0.2, -0.15) is 0 Å². The van der Waals surface area contributed by atoms with Crippen LogP contribution in [0.3, 0.4) is 0 Å². The van der Waals surface area contributed by atoms with Crippen LogP contribution >= 0.6 is 0 Å². The highest BCUT2D eigenvalue weighted by Crippen LogP contribution is 2.33. The lowest BCUT2D eigenvalue weighted by Crippen LogP contribution is -2.37. The van der Waals surface area contributed by atoms with Crippen LogP contribution < -0.4 is 4.90 Å². The average Bonchev–Trinajstić information content (AvgIpc) is 2.46. The van der Waals surface area contributed by atoms with Crippen LogP contribution in [0.25, 0.3) is 0 Å². The number of halogens is 1. The zero-order valence-corrected chi connectivity index (χ0v) is 10.9. The fourth-order valence-electron chi connectivity index (χ4n) is 2.37. The zero-order chi connectivity index (χ0) is 14.7. The molecule has 0 bridgehead atoms. The van der Waals surface area contributed by atoms with Crippen molar-refractivity contribution in [2.75, 3.05) is 25.1 Å². The smallest absolute Gasteiger partial charge is 0.313 e. The molecule has 0 atom stereocenters. The Hall–Kier alpha value is -2.25. The molecule has 2 heterocycles. The summed E-state index contributed by atoms with van der Waals surface area (Å²) in [5, 5.41) is 10.9. The maximum atomic E-state index is 13.8. The lowest BCUT2D eigenvalue weighted by Gasteiger charge is -2.31. The summed E-state index contributed by atoms with van der Waals surface area (Å²) >= 11 is 0. The first-order chi connectivity index (χ1) is 9.54. The summed E-state index contributed by atoms with van der Waals surface area (Å²) in [6.07, 6.45) is 2.94. The van der Waals surface area contributed by atoms with Gasteiger partial charge in [0.25, 0.3) is 0 Å². The van der Waals surface area contributed by atoms with Crippen LogP contribution in [-0.4, -0.2) is 36.1 Å². The van der Waals surface area contributed by atoms with Crippen molar-refractivity contribution in [2.24, 2.45) is 5.92 Å². The normalized spacial score (nSPS) is 16.0. The third-order valence-electron chi connectivity index (χ3n) is 3.40. The van der Waals surface area contributed by atoms with E-state index in [1.165, 1.54) is 7.11 Å². The Bertz CT molecular complexity index is 529. The van der Waals surface area contributed by atoms with Crippen LogP contribution in [0, 0.1) is 21.8 Å². The minimum Gasteiger partial charge on any atom is -0.469 e. The molecule has 1 aliphatic heterocycles. The fourth-order valence-corrected chi connectivity index (χ4v) is 2.37. The minimum absolute atomic E-state index is 0.0617. The van der Waals surface area contributed by atoms with Gasteiger partial charge in [0.15, 0.2) is 11.5 Å². The topological polar surface area (TPSA) is 85.6 Å². The van der Waals surface area contributed by atoms with E-state index in [9.17, 15) is 19.3 Å². The molecule has 0 N–H and O–H groups in total. The van der Waals surface area contributed by atoms with Gasteiger partial charge < -0.3 is 9.64 Å². The van der Waals surface area contributed by atoms with Gasteiger partial charge in [0, 0.05) is 13.1 Å². The van der Waals surface area contributed by atoms with Crippen LogP contribution in [0.5, 0.6) is 0 Å². The molecule has 20 heavy (non-hydrogen) atoms. The predicted molar refractivity (Wildman–Crippen MR) is 67.8 cm³/mol. The van der Waals surface area contributed by atoms with Gasteiger partial charge in [0.2, 0.25) is 0 Å². The van der Waals surface area contributed by atoms with Crippen LogP contribution in [0.1, 0.15) is 12.8 Å². The van der Waals surface area contributed by atoms with Gasteiger partial charge in [-0.1, -0.05) is 0 Å². The monoisotopic (exact) mass is 283 g/mol. The van der Waals surface area contributed by atoms with Crippen LogP contribution in [0.4, 0.5) is 15.8 Å². The molecule has 1 saturated heterocycles. The van der Waals surface area contributed by atoms with Crippen molar-refractivity contribution < 1.29 is 18.8 Å². The van der Waals surface area contributed by atoms with E-state index in [1.54, 1.807) is 4.90 Å². The van der Waals surface area contributed by atoms with Crippen molar-refractivity contribution in [1.82, 2.24) is 4.98 Å². The maximum absolute atomic E-state index is 13.8. The highest BCUT2D eigenvalue weighted by atomic mass is 19.1. The highest BCUT2D eigenvalue weighted by Gasteiger charge is 2.30. The van der Waals surface area contributed by atoms with Crippen LogP contribution in [0.15, 0.2) is 12.4 Å². The van der Waals surface area contributed by atoms with E-state index in [2.05, 4.69) is 9.72 Å². The van der Waals surface area contributed by atoms with E-state index in [0.717, 1.165) is 12.4 Å². The summed E-state index contributed by atoms with van der Waals surface area (Å²) in [4.78, 5) is 26.8. The Morgan fingerprint density at radius 2 is 2.15 bits per heavy atom. The Balaban J connectivity index is 2.19. The number of rotatable bonds is 3. The Labute approximate surface area is 114 Å². The number of pyridine rings is 1. The second-order valence-corrected chi connectivity index (χ2v) is 4.53. The summed E-state index contributed by atoms with van der Waals surface area (Å²) in [5.41, 5.74) is -0.421. The van der Waals surface area contributed by atoms with Crippen molar-refractivity contribution in [2.45, 2.75) is 12.8 Å². The molecule has 0 radical (unpaired) electrons. The van der Waals surface area contributed by atoms with Gasteiger partial charge in [0.05, 0.1) is 24.1 Å². The Morgan fingerprint density at radius 3 is 2.70 bits per heavy atom. The molecule has 0 saturated carbocycles. The second kappa shape index (κ2) is 5.81. The van der Waals surface area contributed by atoms with E-state index in [1.807, 2.05) is 0 Å². The number of hydrogen-bond acceptors (Lipinski definition) is 6. The predicted octanol–water partition coefficient (Wildman–Crippen LogP) is 1.52. The highest BCUT2D eigenvalue weighted by molar-refractivity contribution is 5.73.